The van der Waals surface area contributed by atoms with Crippen molar-refractivity contribution in [2.24, 2.45) is 0 Å². The predicted molar refractivity (Wildman–Crippen MR) is 93.3 cm³/mol. The molecule has 2 amide bonds. The van der Waals surface area contributed by atoms with Crippen LogP contribution in [-0.4, -0.2) is 24.1 Å². The minimum absolute atomic E-state index is 0.0338. The van der Waals surface area contributed by atoms with Crippen LogP contribution in [0.5, 0.6) is 0 Å². The Labute approximate surface area is 141 Å². The molecule has 0 heterocycles. The van der Waals surface area contributed by atoms with Crippen LogP contribution < -0.4 is 10.6 Å². The molecule has 124 valence electrons. The van der Waals surface area contributed by atoms with Crippen molar-refractivity contribution in [3.05, 3.63) is 64.7 Å². The summed E-state index contributed by atoms with van der Waals surface area (Å²) in [6.07, 6.45) is 0. The highest BCUT2D eigenvalue weighted by Gasteiger charge is 2.09. The second-order valence-corrected chi connectivity index (χ2v) is 5.66. The van der Waals surface area contributed by atoms with Crippen molar-refractivity contribution in [3.63, 3.8) is 0 Å². The lowest BCUT2D eigenvalue weighted by Crippen LogP contribution is -2.32. The van der Waals surface area contributed by atoms with Crippen LogP contribution in [-0.2, 0) is 4.79 Å². The number of amides is 2. The molecule has 2 aromatic carbocycles. The molecule has 0 fully saturated rings. The lowest BCUT2D eigenvalue weighted by molar-refractivity contribution is -0.115. The fraction of sp³-hybridized carbons (Fsp3) is 0.211. The number of Topliss-reactive ketones (excluding diaryl/α,β-unsaturated/α-hetero) is 1. The molecule has 0 spiro atoms. The molecule has 0 saturated heterocycles. The third-order valence-electron chi connectivity index (χ3n) is 3.75. The Morgan fingerprint density at radius 1 is 0.875 bits per heavy atom. The Bertz CT molecular complexity index is 780. The molecule has 0 atom stereocenters. The summed E-state index contributed by atoms with van der Waals surface area (Å²) in [6.45, 7) is 5.27. The summed E-state index contributed by atoms with van der Waals surface area (Å²) >= 11 is 0. The maximum absolute atomic E-state index is 12.1. The summed E-state index contributed by atoms with van der Waals surface area (Å²) in [5.74, 6) is -0.656. The molecule has 0 aliphatic heterocycles. The van der Waals surface area contributed by atoms with Gasteiger partial charge < -0.3 is 10.6 Å². The van der Waals surface area contributed by atoms with Crippen LogP contribution in [0.15, 0.2) is 42.5 Å². The second-order valence-electron chi connectivity index (χ2n) is 5.66. The average molecular weight is 324 g/mol. The van der Waals surface area contributed by atoms with Gasteiger partial charge in [-0.2, -0.15) is 0 Å². The Balaban J connectivity index is 1.89. The van der Waals surface area contributed by atoms with Gasteiger partial charge in [0.2, 0.25) is 5.91 Å². The molecule has 0 aliphatic rings. The first-order valence-electron chi connectivity index (χ1n) is 7.63. The van der Waals surface area contributed by atoms with Gasteiger partial charge in [-0.1, -0.05) is 6.07 Å². The minimum Gasteiger partial charge on any atom is -0.343 e. The molecule has 24 heavy (non-hydrogen) atoms. The Morgan fingerprint density at radius 2 is 1.50 bits per heavy atom. The van der Waals surface area contributed by atoms with Gasteiger partial charge in [-0.05, 0) is 68.3 Å². The summed E-state index contributed by atoms with van der Waals surface area (Å²) in [7, 11) is 0. The van der Waals surface area contributed by atoms with Gasteiger partial charge in [0.05, 0.1) is 6.54 Å². The zero-order valence-electron chi connectivity index (χ0n) is 14.0. The second kappa shape index (κ2) is 7.55. The largest absolute Gasteiger partial charge is 0.343 e. The van der Waals surface area contributed by atoms with Crippen LogP contribution in [0.3, 0.4) is 0 Å². The van der Waals surface area contributed by atoms with E-state index in [0.29, 0.717) is 16.8 Å². The van der Waals surface area contributed by atoms with Crippen molar-refractivity contribution in [2.45, 2.75) is 20.8 Å². The van der Waals surface area contributed by atoms with Gasteiger partial charge in [0, 0.05) is 16.8 Å². The summed E-state index contributed by atoms with van der Waals surface area (Å²) < 4.78 is 0. The van der Waals surface area contributed by atoms with E-state index in [1.54, 1.807) is 36.4 Å². The average Bonchev–Trinajstić information content (AvgIpc) is 2.55. The van der Waals surface area contributed by atoms with E-state index in [1.807, 2.05) is 19.9 Å². The maximum Gasteiger partial charge on any atom is 0.251 e. The van der Waals surface area contributed by atoms with E-state index < -0.39 is 0 Å². The third kappa shape index (κ3) is 4.52. The van der Waals surface area contributed by atoms with Crippen molar-refractivity contribution >= 4 is 23.3 Å². The topological polar surface area (TPSA) is 75.3 Å². The Kier molecular flexibility index (Phi) is 5.47. The molecule has 2 aromatic rings. The number of anilines is 1. The first-order chi connectivity index (χ1) is 11.4. The van der Waals surface area contributed by atoms with Gasteiger partial charge in [-0.15, -0.1) is 0 Å². The van der Waals surface area contributed by atoms with Gasteiger partial charge in [0.1, 0.15) is 0 Å². The molecule has 0 saturated carbocycles. The lowest BCUT2D eigenvalue weighted by Gasteiger charge is -2.08. The standard InChI is InChI=1S/C19H20N2O3/c1-12-4-5-16(10-13(12)2)19(24)20-11-18(23)21-17-8-6-15(7-9-17)14(3)22/h4-10H,11H2,1-3H3,(H,20,24)(H,21,23). The summed E-state index contributed by atoms with van der Waals surface area (Å²) in [6, 6.07) is 12.0. The molecule has 0 bridgehead atoms. The van der Waals surface area contributed by atoms with E-state index >= 15 is 0 Å². The molecule has 2 rings (SSSR count). The number of benzene rings is 2. The number of aryl methyl sites for hydroxylation is 2. The summed E-state index contributed by atoms with van der Waals surface area (Å²) in [4.78, 5) is 35.2. The summed E-state index contributed by atoms with van der Waals surface area (Å²) in [5.41, 5.74) is 3.81. The zero-order chi connectivity index (χ0) is 17.7. The molecule has 0 radical (unpaired) electrons. The van der Waals surface area contributed by atoms with Crippen molar-refractivity contribution in [3.8, 4) is 0 Å². The van der Waals surface area contributed by atoms with Gasteiger partial charge in [-0.3, -0.25) is 14.4 Å². The molecule has 0 aromatic heterocycles. The molecule has 2 N–H and O–H groups in total. The van der Waals surface area contributed by atoms with E-state index in [1.165, 1.54) is 6.92 Å². The van der Waals surface area contributed by atoms with Gasteiger partial charge >= 0.3 is 0 Å². The first-order valence-corrected chi connectivity index (χ1v) is 7.63. The number of hydrogen-bond acceptors (Lipinski definition) is 3. The number of ketones is 1. The maximum atomic E-state index is 12.1. The van der Waals surface area contributed by atoms with Crippen LogP contribution in [0.1, 0.15) is 38.8 Å². The van der Waals surface area contributed by atoms with E-state index in [9.17, 15) is 14.4 Å². The molecular formula is C19H20N2O3. The molecule has 5 heteroatoms. The van der Waals surface area contributed by atoms with Crippen LogP contribution in [0, 0.1) is 13.8 Å². The quantitative estimate of drug-likeness (QED) is 0.830. The Hall–Kier alpha value is -2.95. The van der Waals surface area contributed by atoms with Crippen LogP contribution in [0.2, 0.25) is 0 Å². The van der Waals surface area contributed by atoms with Gasteiger partial charge in [0.25, 0.3) is 5.91 Å². The first kappa shape index (κ1) is 17.4. The fourth-order valence-electron chi connectivity index (χ4n) is 2.14. The minimum atomic E-state index is -0.331. The Morgan fingerprint density at radius 3 is 2.08 bits per heavy atom. The zero-order valence-corrected chi connectivity index (χ0v) is 14.0. The highest BCUT2D eigenvalue weighted by molar-refractivity contribution is 6.00. The number of carbonyl (C=O) groups excluding carboxylic acids is 3. The molecule has 0 aliphatic carbocycles. The van der Waals surface area contributed by atoms with Gasteiger partial charge in [-0.25, -0.2) is 0 Å². The smallest absolute Gasteiger partial charge is 0.251 e. The molecule has 0 unspecified atom stereocenters. The van der Waals surface area contributed by atoms with E-state index in [-0.39, 0.29) is 24.1 Å². The normalized spacial score (nSPS) is 10.1. The fourth-order valence-corrected chi connectivity index (χ4v) is 2.14. The highest BCUT2D eigenvalue weighted by atomic mass is 16.2. The SMILES string of the molecule is CC(=O)c1ccc(NC(=O)CNC(=O)c2ccc(C)c(C)c2)cc1. The van der Waals surface area contributed by atoms with Gasteiger partial charge in [0.15, 0.2) is 5.78 Å². The van der Waals surface area contributed by atoms with Crippen LogP contribution >= 0.6 is 0 Å². The molecule has 5 nitrogen and oxygen atoms in total. The number of rotatable bonds is 5. The highest BCUT2D eigenvalue weighted by Crippen LogP contribution is 2.11. The van der Waals surface area contributed by atoms with Crippen LogP contribution in [0.4, 0.5) is 5.69 Å². The summed E-state index contributed by atoms with van der Waals surface area (Å²) in [5, 5.41) is 5.26. The predicted octanol–water partition coefficient (Wildman–Crippen LogP) is 2.87. The monoisotopic (exact) mass is 324 g/mol. The van der Waals surface area contributed by atoms with Crippen LogP contribution in [0.25, 0.3) is 0 Å². The van der Waals surface area contributed by atoms with Crippen molar-refractivity contribution in [1.82, 2.24) is 5.32 Å². The van der Waals surface area contributed by atoms with Crippen molar-refractivity contribution < 1.29 is 14.4 Å². The van der Waals surface area contributed by atoms with E-state index in [2.05, 4.69) is 10.6 Å². The molecular weight excluding hydrogens is 304 g/mol. The van der Waals surface area contributed by atoms with Crippen molar-refractivity contribution in [1.29, 1.82) is 0 Å². The third-order valence-corrected chi connectivity index (χ3v) is 3.75. The number of hydrogen-bond donors (Lipinski definition) is 2. The lowest BCUT2D eigenvalue weighted by atomic mass is 10.1. The number of carbonyl (C=O) groups is 3. The van der Waals surface area contributed by atoms with Crippen molar-refractivity contribution in [2.75, 3.05) is 11.9 Å². The van der Waals surface area contributed by atoms with E-state index in [4.69, 9.17) is 0 Å². The number of nitrogens with one attached hydrogen (secondary N) is 2. The van der Waals surface area contributed by atoms with E-state index in [0.717, 1.165) is 11.1 Å².